The summed E-state index contributed by atoms with van der Waals surface area (Å²) >= 11 is 0. The number of imidazole rings is 1. The summed E-state index contributed by atoms with van der Waals surface area (Å²) in [7, 11) is 2.59. The molecule has 15 nitrogen and oxygen atoms in total. The number of alkyl carbamates (subject to hydrolysis) is 2. The maximum Gasteiger partial charge on any atom is 0.407 e. The number of aromatic amines is 2. The molecular weight excluding hydrogens is 871 g/mol. The predicted octanol–water partition coefficient (Wildman–Crippen LogP) is 9.98. The maximum atomic E-state index is 13.7. The molecule has 6 aromatic rings. The van der Waals surface area contributed by atoms with Gasteiger partial charge in [0.05, 0.1) is 54.8 Å². The standard InChI is InChI=1S/C54H65N9O6/c1-32(2)47(57-52(66)68-8)50(64)61-28-10-12-45(61)41-30-40(59-60-41)34-14-18-36(19-15-34)43-26-27-44(63(43)39-24-22-38(23-25-39)54(5,6)7)37-20-16-35(17-21-37)42-31-55-49(56-42)46-13-11-29-62(46)51(65)48(33(3)4)58-53(67)69-9/h14-27,30-33,45-48H,10-13,28-29H2,1-9H3,(H,55,56)(H,57,66)(H,58,67)(H,59,60)/t45-,46-,47-,48-/m0/s1. The van der Waals surface area contributed by atoms with E-state index >= 15 is 0 Å². The number of aromatic nitrogens is 5. The fourth-order valence-corrected chi connectivity index (χ4v) is 9.63. The number of nitrogens with one attached hydrogen (secondary N) is 4. The zero-order valence-corrected chi connectivity index (χ0v) is 41.1. The van der Waals surface area contributed by atoms with Gasteiger partial charge in [0.25, 0.3) is 0 Å². The minimum atomic E-state index is -0.704. The van der Waals surface area contributed by atoms with Crippen molar-refractivity contribution in [1.82, 2.24) is 45.2 Å². The van der Waals surface area contributed by atoms with Crippen molar-refractivity contribution in [3.8, 4) is 50.7 Å². The molecule has 5 heterocycles. The molecular formula is C54H65N9O6. The molecule has 3 aromatic carbocycles. The summed E-state index contributed by atoms with van der Waals surface area (Å²) in [6.07, 6.45) is 3.89. The highest BCUT2D eigenvalue weighted by atomic mass is 16.5. The first-order valence-corrected chi connectivity index (χ1v) is 24.0. The van der Waals surface area contributed by atoms with Crippen LogP contribution in [-0.2, 0) is 24.5 Å². The molecule has 0 radical (unpaired) electrons. The third-order valence-electron chi connectivity index (χ3n) is 13.5. The highest BCUT2D eigenvalue weighted by Crippen LogP contribution is 2.38. The van der Waals surface area contributed by atoms with Crippen LogP contribution in [-0.4, -0.2) is 97.9 Å². The smallest absolute Gasteiger partial charge is 0.407 e. The van der Waals surface area contributed by atoms with E-state index in [4.69, 9.17) is 19.6 Å². The van der Waals surface area contributed by atoms with Gasteiger partial charge < -0.3 is 39.5 Å². The largest absolute Gasteiger partial charge is 0.453 e. The number of nitrogens with zero attached hydrogens (tertiary/aromatic N) is 5. The van der Waals surface area contributed by atoms with Gasteiger partial charge in [-0.1, -0.05) is 109 Å². The molecule has 69 heavy (non-hydrogen) atoms. The van der Waals surface area contributed by atoms with Gasteiger partial charge in [0.1, 0.15) is 17.9 Å². The lowest BCUT2D eigenvalue weighted by atomic mass is 9.87. The molecule has 2 saturated heterocycles. The third-order valence-corrected chi connectivity index (χ3v) is 13.5. The van der Waals surface area contributed by atoms with Gasteiger partial charge in [-0.3, -0.25) is 14.7 Å². The Balaban J connectivity index is 1.04. The van der Waals surface area contributed by atoms with E-state index in [0.29, 0.717) is 13.1 Å². The van der Waals surface area contributed by atoms with Crippen LogP contribution in [0.15, 0.2) is 97.2 Å². The summed E-state index contributed by atoms with van der Waals surface area (Å²) in [6, 6.07) is 30.1. The van der Waals surface area contributed by atoms with Gasteiger partial charge in [-0.2, -0.15) is 5.10 Å². The minimum absolute atomic E-state index is 0.00161. The number of hydrogen-bond donors (Lipinski definition) is 4. The summed E-state index contributed by atoms with van der Waals surface area (Å²) in [6.45, 7) is 15.5. The van der Waals surface area contributed by atoms with Gasteiger partial charge in [0.2, 0.25) is 11.8 Å². The molecule has 4 amide bonds. The van der Waals surface area contributed by atoms with Crippen LogP contribution in [0, 0.1) is 11.8 Å². The first-order chi connectivity index (χ1) is 33.1. The van der Waals surface area contributed by atoms with Crippen LogP contribution in [0.4, 0.5) is 9.59 Å². The number of likely N-dealkylation sites (tertiary alicyclic amines) is 2. The Morgan fingerprint density at radius 2 is 1.13 bits per heavy atom. The Hall–Kier alpha value is -7.16. The Bertz CT molecular complexity index is 2600. The molecule has 0 aliphatic carbocycles. The number of ether oxygens (including phenoxy) is 2. The van der Waals surface area contributed by atoms with Crippen LogP contribution < -0.4 is 10.6 Å². The SMILES string of the molecule is COC(=O)N[C@H](C(=O)N1CCC[C@H]1c1cc(-c2ccc(-c3ccc(-c4ccc(-c5c[nH]c([C@@H]6CCCN6C(=O)[C@@H](NC(=O)OC)C(C)C)n5)cc4)n3-c3ccc(C(C)(C)C)cc3)cc2)n[nH]1)C(C)C. The molecule has 4 N–H and O–H groups in total. The molecule has 3 aromatic heterocycles. The fraction of sp³-hybridized carbons (Fsp3) is 0.407. The lowest BCUT2D eigenvalue weighted by Gasteiger charge is -2.30. The molecule has 0 unspecified atom stereocenters. The molecule has 0 spiro atoms. The molecule has 15 heteroatoms. The lowest BCUT2D eigenvalue weighted by Crippen LogP contribution is -2.51. The summed E-state index contributed by atoms with van der Waals surface area (Å²) in [5, 5.41) is 13.4. The van der Waals surface area contributed by atoms with Crippen molar-refractivity contribution in [1.29, 1.82) is 0 Å². The number of benzene rings is 3. The number of methoxy groups -OCH3 is 2. The van der Waals surface area contributed by atoms with Crippen molar-refractivity contribution < 1.29 is 28.7 Å². The van der Waals surface area contributed by atoms with Gasteiger partial charge in [-0.25, -0.2) is 14.6 Å². The zero-order valence-electron chi connectivity index (χ0n) is 41.1. The fourth-order valence-electron chi connectivity index (χ4n) is 9.63. The summed E-state index contributed by atoms with van der Waals surface area (Å²) in [4.78, 5) is 63.7. The number of hydrogen-bond acceptors (Lipinski definition) is 8. The quantitative estimate of drug-likeness (QED) is 0.0884. The molecule has 362 valence electrons. The van der Waals surface area contributed by atoms with Crippen LogP contribution in [0.2, 0.25) is 0 Å². The van der Waals surface area contributed by atoms with Crippen molar-refractivity contribution in [2.45, 2.75) is 104 Å². The van der Waals surface area contributed by atoms with Crippen LogP contribution in [0.25, 0.3) is 50.7 Å². The van der Waals surface area contributed by atoms with Crippen LogP contribution in [0.3, 0.4) is 0 Å². The molecule has 4 atom stereocenters. The van der Waals surface area contributed by atoms with E-state index in [1.165, 1.54) is 19.8 Å². The number of rotatable bonds is 13. The van der Waals surface area contributed by atoms with E-state index in [9.17, 15) is 19.2 Å². The van der Waals surface area contributed by atoms with Crippen molar-refractivity contribution in [3.63, 3.8) is 0 Å². The van der Waals surface area contributed by atoms with Crippen LogP contribution in [0.1, 0.15) is 103 Å². The molecule has 2 fully saturated rings. The van der Waals surface area contributed by atoms with Crippen molar-refractivity contribution >= 4 is 24.0 Å². The molecule has 8 rings (SSSR count). The first kappa shape index (κ1) is 48.3. The zero-order chi connectivity index (χ0) is 49.1. The van der Waals surface area contributed by atoms with Gasteiger partial charge in [0, 0.05) is 36.1 Å². The maximum absolute atomic E-state index is 13.7. The second-order valence-electron chi connectivity index (χ2n) is 19.9. The topological polar surface area (TPSA) is 180 Å². The van der Waals surface area contributed by atoms with E-state index in [2.05, 4.69) is 131 Å². The third kappa shape index (κ3) is 10.2. The molecule has 2 aliphatic heterocycles. The Morgan fingerprint density at radius 3 is 1.62 bits per heavy atom. The van der Waals surface area contributed by atoms with E-state index in [1.807, 2.05) is 49.8 Å². The highest BCUT2D eigenvalue weighted by Gasteiger charge is 2.39. The van der Waals surface area contributed by atoms with E-state index < -0.39 is 24.3 Å². The Kier molecular flexibility index (Phi) is 14.1. The normalized spacial score (nSPS) is 17.0. The van der Waals surface area contributed by atoms with Crippen LogP contribution in [0.5, 0.6) is 0 Å². The monoisotopic (exact) mass is 936 g/mol. The second kappa shape index (κ2) is 20.2. The molecule has 0 saturated carbocycles. The predicted molar refractivity (Wildman–Crippen MR) is 266 cm³/mol. The van der Waals surface area contributed by atoms with Gasteiger partial charge >= 0.3 is 12.2 Å². The summed E-state index contributed by atoms with van der Waals surface area (Å²) < 4.78 is 11.9. The number of amides is 4. The molecule has 0 bridgehead atoms. The first-order valence-electron chi connectivity index (χ1n) is 24.0. The lowest BCUT2D eigenvalue weighted by molar-refractivity contribution is -0.136. The van der Waals surface area contributed by atoms with E-state index in [0.717, 1.165) is 87.9 Å². The van der Waals surface area contributed by atoms with E-state index in [-0.39, 0.29) is 41.1 Å². The van der Waals surface area contributed by atoms with Crippen molar-refractivity contribution in [2.75, 3.05) is 27.3 Å². The van der Waals surface area contributed by atoms with Crippen molar-refractivity contribution in [3.05, 3.63) is 114 Å². The van der Waals surface area contributed by atoms with Crippen molar-refractivity contribution in [2.24, 2.45) is 11.8 Å². The van der Waals surface area contributed by atoms with Gasteiger partial charge in [-0.05, 0) is 90.0 Å². The average Bonchev–Trinajstić information content (AvgIpc) is 4.21. The molecule has 2 aliphatic rings. The van der Waals surface area contributed by atoms with Gasteiger partial charge in [0.15, 0.2) is 0 Å². The average molecular weight is 936 g/mol. The van der Waals surface area contributed by atoms with Crippen LogP contribution >= 0.6 is 0 Å². The number of H-pyrrole nitrogens is 2. The number of carbonyl (C=O) groups is 4. The summed E-state index contributed by atoms with van der Waals surface area (Å²) in [5.74, 6) is 0.206. The summed E-state index contributed by atoms with van der Waals surface area (Å²) in [5.41, 5.74) is 10.7. The number of carbonyl (C=O) groups excluding carboxylic acids is 4. The second-order valence-corrected chi connectivity index (χ2v) is 19.9. The highest BCUT2D eigenvalue weighted by molar-refractivity contribution is 5.87. The van der Waals surface area contributed by atoms with E-state index in [1.54, 1.807) is 0 Å². The Morgan fingerprint density at radius 1 is 0.652 bits per heavy atom. The minimum Gasteiger partial charge on any atom is -0.453 e. The Labute approximate surface area is 404 Å². The van der Waals surface area contributed by atoms with Gasteiger partial charge in [-0.15, -0.1) is 0 Å².